The molecule has 8 heteroatoms. The average molecular weight is 319 g/mol. The van der Waals surface area contributed by atoms with E-state index in [1.54, 1.807) is 12.1 Å². The highest BCUT2D eigenvalue weighted by Crippen LogP contribution is 2.16. The molecule has 0 amide bonds. The summed E-state index contributed by atoms with van der Waals surface area (Å²) in [5.41, 5.74) is 6.33. The van der Waals surface area contributed by atoms with Crippen molar-refractivity contribution < 1.29 is 13.7 Å². The molecular weight excluding hydrogens is 301 g/mol. The summed E-state index contributed by atoms with van der Waals surface area (Å²) in [6.45, 7) is 1.59. The second-order valence-corrected chi connectivity index (χ2v) is 5.24. The van der Waals surface area contributed by atoms with E-state index in [0.717, 1.165) is 19.4 Å². The number of hydrogen-bond donors (Lipinski definition) is 2. The standard InChI is InChI=1S/C15H18FN5O2/c16-11-4-1-3-10(7-11)14-20-13(23-21-14)9-19-15(17)18-8-12-5-2-6-22-12/h1,3-4,7,12H,2,5-6,8-9H2,(H3,17,18,19). The first-order valence-corrected chi connectivity index (χ1v) is 7.44. The number of aliphatic imine (C=N–C) groups is 1. The first kappa shape index (κ1) is 15.4. The second-order valence-electron chi connectivity index (χ2n) is 5.24. The van der Waals surface area contributed by atoms with Crippen LogP contribution in [0.4, 0.5) is 4.39 Å². The Morgan fingerprint density at radius 3 is 3.17 bits per heavy atom. The first-order valence-electron chi connectivity index (χ1n) is 7.44. The summed E-state index contributed by atoms with van der Waals surface area (Å²) in [5.74, 6) is 0.576. The van der Waals surface area contributed by atoms with E-state index in [4.69, 9.17) is 15.0 Å². The zero-order valence-corrected chi connectivity index (χ0v) is 12.5. The molecule has 0 radical (unpaired) electrons. The quantitative estimate of drug-likeness (QED) is 0.639. The van der Waals surface area contributed by atoms with Crippen LogP contribution in [0.2, 0.25) is 0 Å². The Hall–Kier alpha value is -2.48. The van der Waals surface area contributed by atoms with Gasteiger partial charge in [-0.2, -0.15) is 4.98 Å². The molecule has 1 fully saturated rings. The molecule has 7 nitrogen and oxygen atoms in total. The zero-order valence-electron chi connectivity index (χ0n) is 12.5. The van der Waals surface area contributed by atoms with Gasteiger partial charge in [0.15, 0.2) is 5.96 Å². The van der Waals surface area contributed by atoms with Crippen LogP contribution in [0.3, 0.4) is 0 Å². The van der Waals surface area contributed by atoms with Crippen molar-refractivity contribution >= 4 is 5.96 Å². The van der Waals surface area contributed by atoms with Crippen LogP contribution in [0.25, 0.3) is 11.4 Å². The van der Waals surface area contributed by atoms with Crippen LogP contribution < -0.4 is 11.1 Å². The minimum absolute atomic E-state index is 0.159. The van der Waals surface area contributed by atoms with Crippen molar-refractivity contribution in [1.29, 1.82) is 0 Å². The Balaban J connectivity index is 1.55. The van der Waals surface area contributed by atoms with E-state index in [-0.39, 0.29) is 18.5 Å². The largest absolute Gasteiger partial charge is 0.376 e. The van der Waals surface area contributed by atoms with Crippen LogP contribution in [0.1, 0.15) is 18.7 Å². The summed E-state index contributed by atoms with van der Waals surface area (Å²) < 4.78 is 23.8. The van der Waals surface area contributed by atoms with E-state index in [0.29, 0.717) is 29.8 Å². The maximum Gasteiger partial charge on any atom is 0.248 e. The smallest absolute Gasteiger partial charge is 0.248 e. The van der Waals surface area contributed by atoms with E-state index in [9.17, 15) is 4.39 Å². The summed E-state index contributed by atoms with van der Waals surface area (Å²) in [5, 5.41) is 6.82. The highest BCUT2D eigenvalue weighted by atomic mass is 19.1. The highest BCUT2D eigenvalue weighted by molar-refractivity contribution is 5.77. The van der Waals surface area contributed by atoms with Gasteiger partial charge < -0.3 is 20.3 Å². The number of hydrogen-bond acceptors (Lipinski definition) is 5. The predicted octanol–water partition coefficient (Wildman–Crippen LogP) is 1.46. The lowest BCUT2D eigenvalue weighted by Crippen LogP contribution is -2.37. The Morgan fingerprint density at radius 2 is 2.39 bits per heavy atom. The molecule has 1 aliphatic rings. The van der Waals surface area contributed by atoms with Gasteiger partial charge in [-0.25, -0.2) is 9.38 Å². The minimum atomic E-state index is -0.352. The molecule has 2 heterocycles. The molecule has 122 valence electrons. The third-order valence-electron chi connectivity index (χ3n) is 3.47. The molecule has 23 heavy (non-hydrogen) atoms. The fourth-order valence-corrected chi connectivity index (χ4v) is 2.30. The van der Waals surface area contributed by atoms with E-state index in [1.165, 1.54) is 12.1 Å². The monoisotopic (exact) mass is 319 g/mol. The number of halogens is 1. The SMILES string of the molecule is NC(=NCc1nc(-c2cccc(F)c2)no1)NCC1CCCO1. The van der Waals surface area contributed by atoms with Crippen LogP contribution in [0.5, 0.6) is 0 Å². The molecule has 0 aliphatic carbocycles. The molecule has 3 rings (SSSR count). The molecule has 2 aromatic rings. The summed E-state index contributed by atoms with van der Waals surface area (Å²) in [6, 6.07) is 6.00. The molecule has 1 atom stereocenters. The molecule has 0 saturated carbocycles. The van der Waals surface area contributed by atoms with Gasteiger partial charge in [0.25, 0.3) is 0 Å². The second kappa shape index (κ2) is 7.19. The fourth-order valence-electron chi connectivity index (χ4n) is 2.30. The minimum Gasteiger partial charge on any atom is -0.376 e. The maximum atomic E-state index is 13.2. The van der Waals surface area contributed by atoms with Crippen molar-refractivity contribution in [2.24, 2.45) is 10.7 Å². The number of nitrogens with one attached hydrogen (secondary N) is 1. The fraction of sp³-hybridized carbons (Fsp3) is 0.400. The summed E-state index contributed by atoms with van der Waals surface area (Å²) in [4.78, 5) is 8.31. The summed E-state index contributed by atoms with van der Waals surface area (Å²) in [7, 11) is 0. The number of benzene rings is 1. The Labute approximate surface area is 132 Å². The number of aromatic nitrogens is 2. The number of rotatable bonds is 5. The van der Waals surface area contributed by atoms with E-state index >= 15 is 0 Å². The lowest BCUT2D eigenvalue weighted by atomic mass is 10.2. The number of nitrogens with zero attached hydrogens (tertiary/aromatic N) is 3. The third kappa shape index (κ3) is 4.26. The summed E-state index contributed by atoms with van der Waals surface area (Å²) >= 11 is 0. The van der Waals surface area contributed by atoms with Gasteiger partial charge in [-0.1, -0.05) is 17.3 Å². The highest BCUT2D eigenvalue weighted by Gasteiger charge is 2.15. The van der Waals surface area contributed by atoms with Crippen molar-refractivity contribution in [1.82, 2.24) is 15.5 Å². The van der Waals surface area contributed by atoms with Crippen LogP contribution in [-0.2, 0) is 11.3 Å². The maximum absolute atomic E-state index is 13.2. The van der Waals surface area contributed by atoms with Crippen LogP contribution >= 0.6 is 0 Å². The topological polar surface area (TPSA) is 98.6 Å². The molecular formula is C15H18FN5O2. The average Bonchev–Trinajstić information content (AvgIpc) is 3.22. The van der Waals surface area contributed by atoms with Gasteiger partial charge in [-0.3, -0.25) is 0 Å². The van der Waals surface area contributed by atoms with E-state index in [1.807, 2.05) is 0 Å². The van der Waals surface area contributed by atoms with Gasteiger partial charge in [-0.05, 0) is 25.0 Å². The molecule has 1 unspecified atom stereocenters. The zero-order chi connectivity index (χ0) is 16.1. The van der Waals surface area contributed by atoms with Gasteiger partial charge in [0, 0.05) is 18.7 Å². The Kier molecular flexibility index (Phi) is 4.82. The van der Waals surface area contributed by atoms with Gasteiger partial charge >= 0.3 is 0 Å². The molecule has 1 aromatic heterocycles. The summed E-state index contributed by atoms with van der Waals surface area (Å²) in [6.07, 6.45) is 2.29. The molecule has 1 aromatic carbocycles. The Bertz CT molecular complexity index is 682. The van der Waals surface area contributed by atoms with Gasteiger partial charge in [0.2, 0.25) is 11.7 Å². The number of nitrogens with two attached hydrogens (primary N) is 1. The number of guanidine groups is 1. The van der Waals surface area contributed by atoms with Gasteiger partial charge in [0.05, 0.1) is 6.10 Å². The number of ether oxygens (including phenoxy) is 1. The molecule has 0 spiro atoms. The van der Waals surface area contributed by atoms with Gasteiger partial charge in [-0.15, -0.1) is 0 Å². The van der Waals surface area contributed by atoms with E-state index in [2.05, 4.69) is 20.4 Å². The lowest BCUT2D eigenvalue weighted by molar-refractivity contribution is 0.114. The lowest BCUT2D eigenvalue weighted by Gasteiger charge is -2.10. The third-order valence-corrected chi connectivity index (χ3v) is 3.47. The van der Waals surface area contributed by atoms with Crippen molar-refractivity contribution in [2.45, 2.75) is 25.5 Å². The first-order chi connectivity index (χ1) is 11.2. The molecule has 1 aliphatic heterocycles. The van der Waals surface area contributed by atoms with Gasteiger partial charge in [0.1, 0.15) is 12.4 Å². The van der Waals surface area contributed by atoms with Crippen LogP contribution in [0.15, 0.2) is 33.8 Å². The van der Waals surface area contributed by atoms with Crippen molar-refractivity contribution in [3.8, 4) is 11.4 Å². The van der Waals surface area contributed by atoms with Crippen molar-refractivity contribution in [3.63, 3.8) is 0 Å². The Morgan fingerprint density at radius 1 is 1.48 bits per heavy atom. The molecule has 1 saturated heterocycles. The van der Waals surface area contributed by atoms with Crippen LogP contribution in [0, 0.1) is 5.82 Å². The van der Waals surface area contributed by atoms with E-state index < -0.39 is 0 Å². The molecule has 0 bridgehead atoms. The van der Waals surface area contributed by atoms with Crippen LogP contribution in [-0.4, -0.2) is 35.4 Å². The normalized spacial score (nSPS) is 18.3. The molecule has 3 N–H and O–H groups in total. The van der Waals surface area contributed by atoms with Crippen molar-refractivity contribution in [3.05, 3.63) is 36.0 Å². The van der Waals surface area contributed by atoms with Crippen molar-refractivity contribution in [2.75, 3.05) is 13.2 Å². The predicted molar refractivity (Wildman–Crippen MR) is 82.0 cm³/mol.